The van der Waals surface area contributed by atoms with Crippen molar-refractivity contribution in [2.24, 2.45) is 0 Å². The van der Waals surface area contributed by atoms with Crippen molar-refractivity contribution in [2.75, 3.05) is 16.8 Å². The fourth-order valence-electron chi connectivity index (χ4n) is 3.99. The van der Waals surface area contributed by atoms with E-state index in [4.69, 9.17) is 11.6 Å². The molecule has 2 aliphatic rings. The van der Waals surface area contributed by atoms with Gasteiger partial charge in [-0.05, 0) is 39.0 Å². The zero-order chi connectivity index (χ0) is 22.6. The van der Waals surface area contributed by atoms with Gasteiger partial charge in [0.05, 0.1) is 11.4 Å². The molecule has 2 N–H and O–H groups in total. The molecule has 160 valence electrons. The fraction of sp³-hybridized carbons (Fsp3) is 0.273. The normalized spacial score (nSPS) is 22.1. The Morgan fingerprint density at radius 1 is 1.00 bits per heavy atom. The topological polar surface area (TPSA) is 98.8 Å². The molecule has 2 aromatic carbocycles. The summed E-state index contributed by atoms with van der Waals surface area (Å²) in [5.74, 6) is -1.51. The number of fused-ring (bicyclic) bond motifs is 1. The van der Waals surface area contributed by atoms with Crippen molar-refractivity contribution in [1.29, 1.82) is 0 Å². The van der Waals surface area contributed by atoms with E-state index in [1.54, 1.807) is 69.3 Å². The zero-order valence-electron chi connectivity index (χ0n) is 17.2. The third kappa shape index (κ3) is 3.14. The Labute approximate surface area is 184 Å². The van der Waals surface area contributed by atoms with Crippen LogP contribution in [0.15, 0.2) is 48.5 Å². The Bertz CT molecular complexity index is 1130. The standard InChI is InChI=1S/C22H21ClN4O4/c1-21(2)18(29)24-15-10-6-7-11-16(15)27(21)17(28)12-26-19(30)22(3,25-20(26)31)13-8-4-5-9-14(13)23/h4-11H,12H2,1-3H3,(H,24,29)(H,25,31)/t22-/m0/s1. The molecule has 0 unspecified atom stereocenters. The Balaban J connectivity index is 1.66. The maximum absolute atomic E-state index is 13.3. The quantitative estimate of drug-likeness (QED) is 0.717. The zero-order valence-corrected chi connectivity index (χ0v) is 18.0. The van der Waals surface area contributed by atoms with Crippen LogP contribution in [0.1, 0.15) is 26.3 Å². The molecular weight excluding hydrogens is 420 g/mol. The van der Waals surface area contributed by atoms with Crippen molar-refractivity contribution < 1.29 is 19.2 Å². The number of halogens is 1. The van der Waals surface area contributed by atoms with Crippen LogP contribution in [0.25, 0.3) is 0 Å². The SMILES string of the molecule is CC1(C)C(=O)Nc2ccccc2N1C(=O)CN1C(=O)N[C@@](C)(c2ccccc2Cl)C1=O. The summed E-state index contributed by atoms with van der Waals surface area (Å²) in [6.07, 6.45) is 0. The molecule has 31 heavy (non-hydrogen) atoms. The van der Waals surface area contributed by atoms with Gasteiger partial charge in [0, 0.05) is 10.6 Å². The predicted molar refractivity (Wildman–Crippen MR) is 116 cm³/mol. The predicted octanol–water partition coefficient (Wildman–Crippen LogP) is 2.87. The highest BCUT2D eigenvalue weighted by Gasteiger charge is 2.52. The number of anilines is 2. The van der Waals surface area contributed by atoms with Gasteiger partial charge >= 0.3 is 6.03 Å². The number of urea groups is 1. The van der Waals surface area contributed by atoms with Crippen LogP contribution < -0.4 is 15.5 Å². The van der Waals surface area contributed by atoms with Gasteiger partial charge < -0.3 is 10.6 Å². The highest BCUT2D eigenvalue weighted by molar-refractivity contribution is 6.32. The van der Waals surface area contributed by atoms with Crippen LogP contribution in [0.3, 0.4) is 0 Å². The minimum atomic E-state index is -1.40. The molecule has 0 radical (unpaired) electrons. The second-order valence-electron chi connectivity index (χ2n) is 8.19. The number of rotatable bonds is 3. The van der Waals surface area contributed by atoms with E-state index < -0.39 is 35.5 Å². The highest BCUT2D eigenvalue weighted by atomic mass is 35.5. The summed E-state index contributed by atoms with van der Waals surface area (Å²) in [5, 5.41) is 5.76. The van der Waals surface area contributed by atoms with Crippen molar-refractivity contribution in [3.8, 4) is 0 Å². The van der Waals surface area contributed by atoms with E-state index in [-0.39, 0.29) is 5.91 Å². The van der Waals surface area contributed by atoms with Gasteiger partial charge in [-0.15, -0.1) is 0 Å². The minimum Gasteiger partial charge on any atom is -0.322 e. The van der Waals surface area contributed by atoms with Crippen molar-refractivity contribution in [3.63, 3.8) is 0 Å². The molecular formula is C22H21ClN4O4. The van der Waals surface area contributed by atoms with E-state index >= 15 is 0 Å². The maximum atomic E-state index is 13.3. The number of para-hydroxylation sites is 2. The van der Waals surface area contributed by atoms with Crippen molar-refractivity contribution in [2.45, 2.75) is 31.8 Å². The molecule has 0 aromatic heterocycles. The van der Waals surface area contributed by atoms with Gasteiger partial charge in [0.25, 0.3) is 5.91 Å². The van der Waals surface area contributed by atoms with E-state index in [0.29, 0.717) is 22.0 Å². The molecule has 1 atom stereocenters. The van der Waals surface area contributed by atoms with E-state index in [2.05, 4.69) is 10.6 Å². The molecule has 1 saturated heterocycles. The highest BCUT2D eigenvalue weighted by Crippen LogP contribution is 2.38. The van der Waals surface area contributed by atoms with E-state index in [1.165, 1.54) is 4.90 Å². The van der Waals surface area contributed by atoms with Crippen molar-refractivity contribution >= 4 is 46.7 Å². The number of hydrogen-bond donors (Lipinski definition) is 2. The van der Waals surface area contributed by atoms with Gasteiger partial charge in [-0.2, -0.15) is 0 Å². The fourth-order valence-corrected chi connectivity index (χ4v) is 4.32. The van der Waals surface area contributed by atoms with Gasteiger partial charge in [-0.25, -0.2) is 4.79 Å². The number of carbonyl (C=O) groups excluding carboxylic acids is 4. The smallest absolute Gasteiger partial charge is 0.322 e. The molecule has 9 heteroatoms. The van der Waals surface area contributed by atoms with E-state index in [1.807, 2.05) is 0 Å². The lowest BCUT2D eigenvalue weighted by Gasteiger charge is -2.42. The lowest BCUT2D eigenvalue weighted by molar-refractivity contribution is -0.134. The lowest BCUT2D eigenvalue weighted by atomic mass is 9.92. The van der Waals surface area contributed by atoms with Crippen LogP contribution >= 0.6 is 11.6 Å². The van der Waals surface area contributed by atoms with Crippen molar-refractivity contribution in [3.05, 3.63) is 59.1 Å². The number of amides is 5. The summed E-state index contributed by atoms with van der Waals surface area (Å²) in [4.78, 5) is 54.0. The van der Waals surface area contributed by atoms with Gasteiger partial charge in [0.1, 0.15) is 17.6 Å². The molecule has 4 rings (SSSR count). The van der Waals surface area contributed by atoms with Crippen LogP contribution in [-0.4, -0.2) is 40.7 Å². The van der Waals surface area contributed by atoms with Crippen LogP contribution in [0.2, 0.25) is 5.02 Å². The summed E-state index contributed by atoms with van der Waals surface area (Å²) in [7, 11) is 0. The number of imide groups is 1. The summed E-state index contributed by atoms with van der Waals surface area (Å²) < 4.78 is 0. The third-order valence-corrected chi connectivity index (χ3v) is 6.07. The molecule has 2 aliphatic heterocycles. The first-order valence-electron chi connectivity index (χ1n) is 9.70. The number of carbonyl (C=O) groups is 4. The molecule has 2 aromatic rings. The van der Waals surface area contributed by atoms with Gasteiger partial charge in [0.2, 0.25) is 11.8 Å². The first-order chi connectivity index (χ1) is 14.6. The Hall–Kier alpha value is -3.39. The average Bonchev–Trinajstić information content (AvgIpc) is 2.92. The minimum absolute atomic E-state index is 0.328. The first-order valence-corrected chi connectivity index (χ1v) is 10.1. The molecule has 0 saturated carbocycles. The van der Waals surface area contributed by atoms with Gasteiger partial charge in [-0.3, -0.25) is 24.2 Å². The Morgan fingerprint density at radius 3 is 2.35 bits per heavy atom. The Kier molecular flexibility index (Phi) is 4.77. The second-order valence-corrected chi connectivity index (χ2v) is 8.59. The number of benzene rings is 2. The molecule has 1 fully saturated rings. The number of nitrogens with one attached hydrogen (secondary N) is 2. The summed E-state index contributed by atoms with van der Waals surface area (Å²) in [5.41, 5.74) is -1.19. The molecule has 8 nitrogen and oxygen atoms in total. The van der Waals surface area contributed by atoms with Crippen LogP contribution in [-0.2, 0) is 19.9 Å². The summed E-state index contributed by atoms with van der Waals surface area (Å²) in [6, 6.07) is 12.9. The average molecular weight is 441 g/mol. The lowest BCUT2D eigenvalue weighted by Crippen LogP contribution is -2.60. The second kappa shape index (κ2) is 7.09. The van der Waals surface area contributed by atoms with E-state index in [0.717, 1.165) is 4.90 Å². The maximum Gasteiger partial charge on any atom is 0.325 e. The third-order valence-electron chi connectivity index (χ3n) is 5.74. The molecule has 2 heterocycles. The van der Waals surface area contributed by atoms with Crippen LogP contribution in [0, 0.1) is 0 Å². The monoisotopic (exact) mass is 440 g/mol. The molecule has 0 aliphatic carbocycles. The number of nitrogens with zero attached hydrogens (tertiary/aromatic N) is 2. The van der Waals surface area contributed by atoms with Crippen LogP contribution in [0.4, 0.5) is 16.2 Å². The molecule has 0 spiro atoms. The van der Waals surface area contributed by atoms with Gasteiger partial charge in [-0.1, -0.05) is 41.9 Å². The Morgan fingerprint density at radius 2 is 1.65 bits per heavy atom. The largest absolute Gasteiger partial charge is 0.325 e. The first kappa shape index (κ1) is 20.9. The van der Waals surface area contributed by atoms with Gasteiger partial charge in [0.15, 0.2) is 0 Å². The molecule has 0 bridgehead atoms. The van der Waals surface area contributed by atoms with Crippen LogP contribution in [0.5, 0.6) is 0 Å². The number of hydrogen-bond acceptors (Lipinski definition) is 4. The summed E-state index contributed by atoms with van der Waals surface area (Å²) >= 11 is 6.25. The summed E-state index contributed by atoms with van der Waals surface area (Å²) in [6.45, 7) is 4.24. The van der Waals surface area contributed by atoms with E-state index in [9.17, 15) is 19.2 Å². The van der Waals surface area contributed by atoms with Crippen molar-refractivity contribution in [1.82, 2.24) is 10.2 Å². The molecule has 5 amide bonds.